The lowest BCUT2D eigenvalue weighted by Crippen LogP contribution is -2.64. The number of nitrogens with one attached hydrogen (secondary N) is 1. The van der Waals surface area contributed by atoms with Crippen LogP contribution in [-0.4, -0.2) is 57.3 Å². The molecule has 0 radical (unpaired) electrons. The second-order valence-electron chi connectivity index (χ2n) is 9.70. The highest BCUT2D eigenvalue weighted by molar-refractivity contribution is 6.01. The summed E-state index contributed by atoms with van der Waals surface area (Å²) in [6.45, 7) is 6.57. The van der Waals surface area contributed by atoms with Gasteiger partial charge in [-0.25, -0.2) is 4.79 Å². The molecule has 4 rings (SSSR count). The lowest BCUT2D eigenvalue weighted by molar-refractivity contribution is -0.134. The minimum Gasteiger partial charge on any atom is -0.494 e. The molecular formula is C27H36N4O5. The zero-order valence-electron chi connectivity index (χ0n) is 21.4. The molecule has 2 heterocycles. The number of ether oxygens (including phenoxy) is 2. The summed E-state index contributed by atoms with van der Waals surface area (Å²) in [4.78, 5) is 41.4. The van der Waals surface area contributed by atoms with Crippen LogP contribution < -0.4 is 10.1 Å². The Bertz CT molecular complexity index is 1090. The number of amides is 2. The molecule has 9 heteroatoms. The van der Waals surface area contributed by atoms with Gasteiger partial charge in [-0.2, -0.15) is 5.10 Å². The second-order valence-corrected chi connectivity index (χ2v) is 9.70. The second kappa shape index (κ2) is 11.1. The van der Waals surface area contributed by atoms with Gasteiger partial charge in [0, 0.05) is 18.7 Å². The van der Waals surface area contributed by atoms with Gasteiger partial charge in [0.2, 0.25) is 5.91 Å². The Balaban J connectivity index is 1.65. The van der Waals surface area contributed by atoms with Crippen molar-refractivity contribution >= 4 is 17.8 Å². The molecule has 1 N–H and O–H groups in total. The molecule has 1 aliphatic heterocycles. The van der Waals surface area contributed by atoms with E-state index in [4.69, 9.17) is 9.47 Å². The van der Waals surface area contributed by atoms with E-state index in [1.165, 1.54) is 23.6 Å². The summed E-state index contributed by atoms with van der Waals surface area (Å²) < 4.78 is 12.1. The highest BCUT2D eigenvalue weighted by Crippen LogP contribution is 2.31. The molecule has 1 saturated carbocycles. The van der Waals surface area contributed by atoms with Gasteiger partial charge in [-0.15, -0.1) is 0 Å². The summed E-state index contributed by atoms with van der Waals surface area (Å²) in [5.41, 5.74) is 0.0182. The Hall–Kier alpha value is -3.36. The first-order chi connectivity index (χ1) is 17.4. The van der Waals surface area contributed by atoms with Crippen LogP contribution in [0.1, 0.15) is 85.8 Å². The highest BCUT2D eigenvalue weighted by Gasteiger charge is 2.48. The molecule has 2 aliphatic rings. The van der Waals surface area contributed by atoms with Crippen LogP contribution >= 0.6 is 0 Å². The van der Waals surface area contributed by atoms with Crippen LogP contribution in [0.3, 0.4) is 0 Å². The molecule has 0 saturated heterocycles. The lowest BCUT2D eigenvalue weighted by Gasteiger charge is -2.44. The fraction of sp³-hybridized carbons (Fsp3) is 0.556. The van der Waals surface area contributed by atoms with E-state index in [1.54, 1.807) is 18.7 Å². The van der Waals surface area contributed by atoms with E-state index in [-0.39, 0.29) is 48.9 Å². The Morgan fingerprint density at radius 3 is 2.42 bits per heavy atom. The van der Waals surface area contributed by atoms with Crippen LogP contribution in [0.5, 0.6) is 5.75 Å². The van der Waals surface area contributed by atoms with Crippen LogP contribution in [0.15, 0.2) is 30.3 Å². The molecule has 36 heavy (non-hydrogen) atoms. The average Bonchev–Trinajstić information content (AvgIpc) is 3.12. The fourth-order valence-electron chi connectivity index (χ4n) is 5.00. The van der Waals surface area contributed by atoms with Crippen molar-refractivity contribution in [3.05, 3.63) is 47.3 Å². The molecule has 1 aromatic carbocycles. The highest BCUT2D eigenvalue weighted by atomic mass is 16.5. The maximum Gasteiger partial charge on any atom is 0.358 e. The van der Waals surface area contributed by atoms with Gasteiger partial charge in [-0.3, -0.25) is 14.3 Å². The Morgan fingerprint density at radius 1 is 1.08 bits per heavy atom. The van der Waals surface area contributed by atoms with E-state index in [2.05, 4.69) is 10.4 Å². The van der Waals surface area contributed by atoms with Gasteiger partial charge in [0.15, 0.2) is 5.69 Å². The molecule has 0 bridgehead atoms. The maximum absolute atomic E-state index is 13.8. The van der Waals surface area contributed by atoms with Gasteiger partial charge in [0.25, 0.3) is 5.91 Å². The van der Waals surface area contributed by atoms with Crippen molar-refractivity contribution in [2.45, 2.75) is 84.0 Å². The Morgan fingerprint density at radius 2 is 1.78 bits per heavy atom. The largest absolute Gasteiger partial charge is 0.494 e. The molecule has 194 valence electrons. The molecular weight excluding hydrogens is 460 g/mol. The van der Waals surface area contributed by atoms with E-state index < -0.39 is 11.5 Å². The minimum atomic E-state index is -1.19. The average molecular weight is 497 g/mol. The van der Waals surface area contributed by atoms with Crippen molar-refractivity contribution in [2.75, 3.05) is 13.2 Å². The number of rotatable bonds is 8. The molecule has 1 unspecified atom stereocenters. The standard InChI is InChI=1S/C27H36N4O5/c1-4-35-21-14-12-19(13-15-21)17-30-24(32)23-16-22(25(33)36-5-2)29-31(23)18-27(30,3)26(34)28-20-10-8-6-7-9-11-20/h12-16,20H,4-11,17-18H2,1-3H3,(H,28,34). The van der Waals surface area contributed by atoms with Gasteiger partial charge < -0.3 is 19.7 Å². The number of fused-ring (bicyclic) bond motifs is 1. The first-order valence-corrected chi connectivity index (χ1v) is 13.0. The number of carbonyl (C=O) groups is 3. The molecule has 0 spiro atoms. The number of esters is 1. The number of nitrogens with zero attached hydrogens (tertiary/aromatic N) is 3. The van der Waals surface area contributed by atoms with Gasteiger partial charge in [-0.1, -0.05) is 37.8 Å². The predicted molar refractivity (Wildman–Crippen MR) is 134 cm³/mol. The van der Waals surface area contributed by atoms with E-state index >= 15 is 0 Å². The van der Waals surface area contributed by atoms with E-state index in [0.717, 1.165) is 37.0 Å². The number of carbonyl (C=O) groups excluding carboxylic acids is 3. The first kappa shape index (κ1) is 25.7. The quantitative estimate of drug-likeness (QED) is 0.442. The van der Waals surface area contributed by atoms with Gasteiger partial charge in [-0.05, 0) is 51.3 Å². The molecule has 1 atom stereocenters. The molecule has 9 nitrogen and oxygen atoms in total. The van der Waals surface area contributed by atoms with Crippen LogP contribution in [0, 0.1) is 0 Å². The summed E-state index contributed by atoms with van der Waals surface area (Å²) >= 11 is 0. The van der Waals surface area contributed by atoms with E-state index in [0.29, 0.717) is 6.61 Å². The van der Waals surface area contributed by atoms with Crippen LogP contribution in [0.2, 0.25) is 0 Å². The van der Waals surface area contributed by atoms with E-state index in [1.807, 2.05) is 31.2 Å². The van der Waals surface area contributed by atoms with Crippen molar-refractivity contribution in [2.24, 2.45) is 0 Å². The topological polar surface area (TPSA) is 103 Å². The summed E-state index contributed by atoms with van der Waals surface area (Å²) in [5, 5.41) is 7.56. The zero-order chi connectivity index (χ0) is 25.7. The van der Waals surface area contributed by atoms with Gasteiger partial charge in [0.05, 0.1) is 19.8 Å². The lowest BCUT2D eigenvalue weighted by atomic mass is 9.93. The zero-order valence-corrected chi connectivity index (χ0v) is 21.4. The minimum absolute atomic E-state index is 0.0645. The third kappa shape index (κ3) is 5.39. The third-order valence-corrected chi connectivity index (χ3v) is 7.04. The molecule has 1 aliphatic carbocycles. The fourth-order valence-corrected chi connectivity index (χ4v) is 5.00. The van der Waals surface area contributed by atoms with Crippen molar-refractivity contribution in [3.63, 3.8) is 0 Å². The van der Waals surface area contributed by atoms with Gasteiger partial charge >= 0.3 is 5.97 Å². The SMILES string of the molecule is CCOC(=O)c1cc2n(n1)CC(C)(C(=O)NC1CCCCCC1)N(Cc1ccc(OCC)cc1)C2=O. The molecule has 2 amide bonds. The van der Waals surface area contributed by atoms with E-state index in [9.17, 15) is 14.4 Å². The Labute approximate surface area is 212 Å². The van der Waals surface area contributed by atoms with Crippen molar-refractivity contribution < 1.29 is 23.9 Å². The Kier molecular flexibility index (Phi) is 7.96. The molecule has 2 aromatic rings. The maximum atomic E-state index is 13.8. The molecule has 1 aromatic heterocycles. The normalized spacial score (nSPS) is 20.4. The summed E-state index contributed by atoms with van der Waals surface area (Å²) in [5.74, 6) is -0.392. The van der Waals surface area contributed by atoms with Crippen LogP contribution in [0.4, 0.5) is 0 Å². The van der Waals surface area contributed by atoms with Crippen molar-refractivity contribution in [1.82, 2.24) is 20.0 Å². The smallest absolute Gasteiger partial charge is 0.358 e. The van der Waals surface area contributed by atoms with Crippen LogP contribution in [-0.2, 0) is 22.6 Å². The monoisotopic (exact) mass is 496 g/mol. The van der Waals surface area contributed by atoms with Crippen LogP contribution in [0.25, 0.3) is 0 Å². The third-order valence-electron chi connectivity index (χ3n) is 7.04. The molecule has 1 fully saturated rings. The number of aromatic nitrogens is 2. The number of hydrogen-bond donors (Lipinski definition) is 1. The summed E-state index contributed by atoms with van der Waals surface area (Å²) in [6.07, 6.45) is 6.41. The number of benzene rings is 1. The number of hydrogen-bond acceptors (Lipinski definition) is 6. The predicted octanol–water partition coefficient (Wildman–Crippen LogP) is 3.71. The first-order valence-electron chi connectivity index (χ1n) is 13.0. The summed E-state index contributed by atoms with van der Waals surface area (Å²) in [6, 6.07) is 9.07. The summed E-state index contributed by atoms with van der Waals surface area (Å²) in [7, 11) is 0. The van der Waals surface area contributed by atoms with Crippen molar-refractivity contribution in [3.8, 4) is 5.75 Å². The van der Waals surface area contributed by atoms with Crippen molar-refractivity contribution in [1.29, 1.82) is 0 Å². The van der Waals surface area contributed by atoms with Gasteiger partial charge in [0.1, 0.15) is 17.0 Å².